The van der Waals surface area contributed by atoms with Gasteiger partial charge in [-0.25, -0.2) is 0 Å². The SMILES string of the molecule is CCN(CC)Cc1ccccc1C(F)(F)F. The zero-order valence-corrected chi connectivity index (χ0v) is 9.51. The highest BCUT2D eigenvalue weighted by Gasteiger charge is 2.32. The fraction of sp³-hybridized carbons (Fsp3) is 0.500. The largest absolute Gasteiger partial charge is 0.416 e. The Labute approximate surface area is 93.9 Å². The smallest absolute Gasteiger partial charge is 0.300 e. The molecule has 0 heterocycles. The van der Waals surface area contributed by atoms with Crippen LogP contribution in [0.1, 0.15) is 25.0 Å². The second kappa shape index (κ2) is 5.34. The third-order valence-electron chi connectivity index (χ3n) is 2.61. The molecular formula is C12H16F3N. The van der Waals surface area contributed by atoms with E-state index in [0.29, 0.717) is 12.1 Å². The van der Waals surface area contributed by atoms with E-state index in [-0.39, 0.29) is 0 Å². The van der Waals surface area contributed by atoms with Gasteiger partial charge in [0, 0.05) is 6.54 Å². The van der Waals surface area contributed by atoms with Crippen molar-refractivity contribution in [1.82, 2.24) is 4.90 Å². The predicted molar refractivity (Wildman–Crippen MR) is 58.1 cm³/mol. The molecule has 0 bridgehead atoms. The first-order valence-corrected chi connectivity index (χ1v) is 5.36. The summed E-state index contributed by atoms with van der Waals surface area (Å²) in [6, 6.07) is 5.75. The van der Waals surface area contributed by atoms with Crippen LogP contribution in [0.25, 0.3) is 0 Å². The van der Waals surface area contributed by atoms with E-state index in [1.807, 2.05) is 18.7 Å². The molecule has 0 aliphatic carbocycles. The van der Waals surface area contributed by atoms with Gasteiger partial charge in [0.05, 0.1) is 5.56 Å². The minimum Gasteiger partial charge on any atom is -0.300 e. The molecule has 0 unspecified atom stereocenters. The minimum absolute atomic E-state index is 0.346. The Kier molecular flexibility index (Phi) is 4.35. The van der Waals surface area contributed by atoms with Gasteiger partial charge >= 0.3 is 6.18 Å². The zero-order valence-electron chi connectivity index (χ0n) is 9.51. The third-order valence-corrected chi connectivity index (χ3v) is 2.61. The number of alkyl halides is 3. The van der Waals surface area contributed by atoms with Crippen LogP contribution in [0.4, 0.5) is 13.2 Å². The second-order valence-corrected chi connectivity index (χ2v) is 3.62. The molecule has 1 aromatic rings. The van der Waals surface area contributed by atoms with Gasteiger partial charge in [0.1, 0.15) is 0 Å². The molecule has 1 nitrogen and oxygen atoms in total. The summed E-state index contributed by atoms with van der Waals surface area (Å²) >= 11 is 0. The molecule has 0 N–H and O–H groups in total. The molecule has 0 radical (unpaired) electrons. The maximum Gasteiger partial charge on any atom is 0.416 e. The van der Waals surface area contributed by atoms with E-state index in [9.17, 15) is 13.2 Å². The highest BCUT2D eigenvalue weighted by Crippen LogP contribution is 2.32. The topological polar surface area (TPSA) is 3.24 Å². The van der Waals surface area contributed by atoms with Gasteiger partial charge in [-0.1, -0.05) is 32.0 Å². The van der Waals surface area contributed by atoms with E-state index in [1.165, 1.54) is 6.07 Å². The number of benzene rings is 1. The van der Waals surface area contributed by atoms with Gasteiger partial charge in [-0.15, -0.1) is 0 Å². The molecule has 0 amide bonds. The normalized spacial score (nSPS) is 12.1. The van der Waals surface area contributed by atoms with Gasteiger partial charge in [-0.05, 0) is 24.7 Å². The summed E-state index contributed by atoms with van der Waals surface area (Å²) in [4.78, 5) is 1.96. The Morgan fingerprint density at radius 2 is 1.62 bits per heavy atom. The monoisotopic (exact) mass is 231 g/mol. The van der Waals surface area contributed by atoms with Crippen LogP contribution < -0.4 is 0 Å². The van der Waals surface area contributed by atoms with Crippen molar-refractivity contribution in [1.29, 1.82) is 0 Å². The molecule has 1 aromatic carbocycles. The predicted octanol–water partition coefficient (Wildman–Crippen LogP) is 3.55. The van der Waals surface area contributed by atoms with Crippen molar-refractivity contribution in [2.24, 2.45) is 0 Å². The molecule has 90 valence electrons. The summed E-state index contributed by atoms with van der Waals surface area (Å²) in [5, 5.41) is 0. The van der Waals surface area contributed by atoms with Crippen molar-refractivity contribution in [3.63, 3.8) is 0 Å². The van der Waals surface area contributed by atoms with Crippen LogP contribution in [0.2, 0.25) is 0 Å². The first-order chi connectivity index (χ1) is 7.49. The highest BCUT2D eigenvalue weighted by atomic mass is 19.4. The number of hydrogen-bond acceptors (Lipinski definition) is 1. The standard InChI is InChI=1S/C12H16F3N/c1-3-16(4-2)9-10-7-5-6-8-11(10)12(13,14)15/h5-8H,3-4,9H2,1-2H3. The molecule has 0 atom stereocenters. The van der Waals surface area contributed by atoms with Crippen LogP contribution in [0.5, 0.6) is 0 Å². The number of halogens is 3. The van der Waals surface area contributed by atoms with Crippen molar-refractivity contribution in [2.75, 3.05) is 13.1 Å². The zero-order chi connectivity index (χ0) is 12.2. The highest BCUT2D eigenvalue weighted by molar-refractivity contribution is 5.29. The van der Waals surface area contributed by atoms with Crippen LogP contribution in [-0.4, -0.2) is 18.0 Å². The first kappa shape index (κ1) is 13.0. The van der Waals surface area contributed by atoms with Gasteiger partial charge in [0.15, 0.2) is 0 Å². The van der Waals surface area contributed by atoms with Crippen molar-refractivity contribution >= 4 is 0 Å². The molecule has 4 heteroatoms. The average molecular weight is 231 g/mol. The minimum atomic E-state index is -4.26. The third kappa shape index (κ3) is 3.23. The maximum atomic E-state index is 12.7. The lowest BCUT2D eigenvalue weighted by atomic mass is 10.1. The molecule has 0 aromatic heterocycles. The van der Waals surface area contributed by atoms with Crippen LogP contribution in [0, 0.1) is 0 Å². The van der Waals surface area contributed by atoms with Crippen LogP contribution in [0.3, 0.4) is 0 Å². The number of rotatable bonds is 4. The maximum absolute atomic E-state index is 12.7. The lowest BCUT2D eigenvalue weighted by Crippen LogP contribution is -2.24. The van der Waals surface area contributed by atoms with Crippen LogP contribution in [-0.2, 0) is 12.7 Å². The Hall–Kier alpha value is -1.03. The van der Waals surface area contributed by atoms with Crippen molar-refractivity contribution in [2.45, 2.75) is 26.6 Å². The van der Waals surface area contributed by atoms with Gasteiger partial charge < -0.3 is 0 Å². The summed E-state index contributed by atoms with van der Waals surface area (Å²) < 4.78 is 38.1. The van der Waals surface area contributed by atoms with E-state index in [0.717, 1.165) is 19.2 Å². The molecule has 0 saturated heterocycles. The van der Waals surface area contributed by atoms with Gasteiger partial charge in [0.25, 0.3) is 0 Å². The first-order valence-electron chi connectivity index (χ1n) is 5.36. The molecule has 0 aliphatic rings. The van der Waals surface area contributed by atoms with Crippen molar-refractivity contribution in [3.8, 4) is 0 Å². The molecule has 16 heavy (non-hydrogen) atoms. The van der Waals surface area contributed by atoms with Gasteiger partial charge in [-0.2, -0.15) is 13.2 Å². The van der Waals surface area contributed by atoms with E-state index >= 15 is 0 Å². The summed E-state index contributed by atoms with van der Waals surface area (Å²) in [7, 11) is 0. The fourth-order valence-electron chi connectivity index (χ4n) is 1.62. The molecule has 1 rings (SSSR count). The second-order valence-electron chi connectivity index (χ2n) is 3.62. The average Bonchev–Trinajstić information content (AvgIpc) is 2.25. The summed E-state index contributed by atoms with van der Waals surface area (Å²) in [5.41, 5.74) is -0.180. The number of hydrogen-bond donors (Lipinski definition) is 0. The van der Waals surface area contributed by atoms with Gasteiger partial charge in [0.2, 0.25) is 0 Å². The van der Waals surface area contributed by atoms with Crippen LogP contribution in [0.15, 0.2) is 24.3 Å². The lowest BCUT2D eigenvalue weighted by molar-refractivity contribution is -0.138. The fourth-order valence-corrected chi connectivity index (χ4v) is 1.62. The molecular weight excluding hydrogens is 215 g/mol. The molecule has 0 saturated carbocycles. The summed E-state index contributed by atoms with van der Waals surface area (Å²) in [5.74, 6) is 0. The Balaban J connectivity index is 2.95. The van der Waals surface area contributed by atoms with E-state index in [4.69, 9.17) is 0 Å². The molecule has 0 spiro atoms. The Morgan fingerprint density at radius 3 is 2.12 bits per heavy atom. The van der Waals surface area contributed by atoms with Crippen molar-refractivity contribution < 1.29 is 13.2 Å². The van der Waals surface area contributed by atoms with Gasteiger partial charge in [-0.3, -0.25) is 4.90 Å². The molecule has 0 fully saturated rings. The quantitative estimate of drug-likeness (QED) is 0.766. The Morgan fingerprint density at radius 1 is 1.06 bits per heavy atom. The number of nitrogens with zero attached hydrogens (tertiary/aromatic N) is 1. The van der Waals surface area contributed by atoms with E-state index in [1.54, 1.807) is 12.1 Å². The van der Waals surface area contributed by atoms with E-state index < -0.39 is 11.7 Å². The molecule has 0 aliphatic heterocycles. The van der Waals surface area contributed by atoms with E-state index in [2.05, 4.69) is 0 Å². The lowest BCUT2D eigenvalue weighted by Gasteiger charge is -2.20. The van der Waals surface area contributed by atoms with Crippen LogP contribution >= 0.6 is 0 Å². The van der Waals surface area contributed by atoms with Crippen molar-refractivity contribution in [3.05, 3.63) is 35.4 Å². The summed E-state index contributed by atoms with van der Waals surface area (Å²) in [6.07, 6.45) is -4.26. The Bertz CT molecular complexity index is 329. The summed E-state index contributed by atoms with van der Waals surface area (Å²) in [6.45, 7) is 5.74.